The van der Waals surface area contributed by atoms with Crippen LogP contribution in [0, 0.1) is 11.8 Å². The minimum Gasteiger partial charge on any atom is -0.396 e. The second-order valence-corrected chi connectivity index (χ2v) is 5.81. The van der Waals surface area contributed by atoms with Gasteiger partial charge in [0, 0.05) is 26.1 Å². The van der Waals surface area contributed by atoms with Gasteiger partial charge in [-0.3, -0.25) is 4.79 Å². The maximum Gasteiger partial charge on any atom is 0.222 e. The van der Waals surface area contributed by atoms with E-state index in [0.29, 0.717) is 24.2 Å². The molecule has 0 radical (unpaired) electrons. The van der Waals surface area contributed by atoms with Crippen LogP contribution in [-0.4, -0.2) is 35.6 Å². The van der Waals surface area contributed by atoms with Crippen molar-refractivity contribution in [1.82, 2.24) is 4.90 Å². The zero-order valence-corrected chi connectivity index (χ0v) is 12.0. The third-order valence-electron chi connectivity index (χ3n) is 4.05. The van der Waals surface area contributed by atoms with Gasteiger partial charge in [0.15, 0.2) is 0 Å². The molecule has 106 valence electrons. The fourth-order valence-corrected chi connectivity index (χ4v) is 2.64. The van der Waals surface area contributed by atoms with Gasteiger partial charge in [0.2, 0.25) is 5.91 Å². The molecule has 0 spiro atoms. The quantitative estimate of drug-likeness (QED) is 0.711. The fourth-order valence-electron chi connectivity index (χ4n) is 2.64. The largest absolute Gasteiger partial charge is 0.396 e. The highest BCUT2D eigenvalue weighted by Gasteiger charge is 2.22. The van der Waals surface area contributed by atoms with Crippen molar-refractivity contribution in [3.8, 4) is 0 Å². The van der Waals surface area contributed by atoms with Crippen molar-refractivity contribution in [2.45, 2.75) is 58.8 Å². The van der Waals surface area contributed by atoms with E-state index in [1.807, 2.05) is 4.90 Å². The number of hydrogen-bond acceptors (Lipinski definition) is 2. The third-order valence-corrected chi connectivity index (χ3v) is 4.05. The maximum atomic E-state index is 12.1. The highest BCUT2D eigenvalue weighted by molar-refractivity contribution is 5.76. The smallest absolute Gasteiger partial charge is 0.222 e. The van der Waals surface area contributed by atoms with Crippen LogP contribution in [0.1, 0.15) is 58.8 Å². The van der Waals surface area contributed by atoms with Crippen molar-refractivity contribution < 1.29 is 9.90 Å². The zero-order chi connectivity index (χ0) is 13.4. The number of rotatable bonds is 7. The summed E-state index contributed by atoms with van der Waals surface area (Å²) in [6.45, 7) is 6.35. The number of carbonyl (C=O) groups excluding carboxylic acids is 1. The van der Waals surface area contributed by atoms with Gasteiger partial charge in [-0.1, -0.05) is 39.5 Å². The highest BCUT2D eigenvalue weighted by Crippen LogP contribution is 2.19. The number of amides is 1. The van der Waals surface area contributed by atoms with Gasteiger partial charge in [-0.15, -0.1) is 0 Å². The van der Waals surface area contributed by atoms with Gasteiger partial charge in [0.25, 0.3) is 0 Å². The topological polar surface area (TPSA) is 40.5 Å². The second-order valence-electron chi connectivity index (χ2n) is 5.81. The molecule has 0 bridgehead atoms. The Hall–Kier alpha value is -0.570. The lowest BCUT2D eigenvalue weighted by Gasteiger charge is -2.31. The summed E-state index contributed by atoms with van der Waals surface area (Å²) < 4.78 is 0. The molecule has 1 rings (SSSR count). The molecular formula is C15H29NO2. The first-order valence-electron chi connectivity index (χ1n) is 7.56. The lowest BCUT2D eigenvalue weighted by Crippen LogP contribution is -2.39. The van der Waals surface area contributed by atoms with Crippen molar-refractivity contribution in [2.24, 2.45) is 11.8 Å². The Bertz CT molecular complexity index is 235. The average Bonchev–Trinajstić information content (AvgIpc) is 2.39. The summed E-state index contributed by atoms with van der Waals surface area (Å²) in [6, 6.07) is 0. The number of likely N-dealkylation sites (tertiary alicyclic amines) is 1. The second kappa shape index (κ2) is 8.52. The molecule has 0 aromatic rings. The van der Waals surface area contributed by atoms with Crippen LogP contribution in [0.15, 0.2) is 0 Å². The number of nitrogens with zero attached hydrogens (tertiary/aromatic N) is 1. The van der Waals surface area contributed by atoms with Crippen LogP contribution >= 0.6 is 0 Å². The Labute approximate surface area is 112 Å². The first-order chi connectivity index (χ1) is 8.67. The van der Waals surface area contributed by atoms with Gasteiger partial charge in [-0.25, -0.2) is 0 Å². The molecule has 0 aliphatic carbocycles. The van der Waals surface area contributed by atoms with E-state index < -0.39 is 0 Å². The molecule has 1 amide bonds. The van der Waals surface area contributed by atoms with E-state index in [1.165, 1.54) is 25.7 Å². The van der Waals surface area contributed by atoms with E-state index in [1.54, 1.807) is 0 Å². The van der Waals surface area contributed by atoms with Crippen LogP contribution in [-0.2, 0) is 4.79 Å². The lowest BCUT2D eigenvalue weighted by atomic mass is 9.95. The van der Waals surface area contributed by atoms with Crippen molar-refractivity contribution in [3.63, 3.8) is 0 Å². The van der Waals surface area contributed by atoms with Crippen LogP contribution in [0.4, 0.5) is 0 Å². The molecular weight excluding hydrogens is 226 g/mol. The van der Waals surface area contributed by atoms with Crippen molar-refractivity contribution in [1.29, 1.82) is 0 Å². The lowest BCUT2D eigenvalue weighted by molar-refractivity contribution is -0.133. The number of unbranched alkanes of at least 4 members (excludes halogenated alkanes) is 2. The Balaban J connectivity index is 2.20. The summed E-state index contributed by atoms with van der Waals surface area (Å²) in [5, 5.41) is 9.08. The van der Waals surface area contributed by atoms with Crippen LogP contribution in [0.3, 0.4) is 0 Å². The molecule has 0 aromatic heterocycles. The maximum absolute atomic E-state index is 12.1. The van der Waals surface area contributed by atoms with Crippen molar-refractivity contribution >= 4 is 5.91 Å². The summed E-state index contributed by atoms with van der Waals surface area (Å²) in [5.74, 6) is 1.24. The number of hydrogen-bond donors (Lipinski definition) is 1. The number of piperidine rings is 1. The van der Waals surface area contributed by atoms with Gasteiger partial charge in [-0.2, -0.15) is 0 Å². The minimum absolute atomic E-state index is 0.273. The molecule has 1 heterocycles. The number of aliphatic hydroxyl groups is 1. The fraction of sp³-hybridized carbons (Fsp3) is 0.933. The van der Waals surface area contributed by atoms with Crippen LogP contribution in [0.5, 0.6) is 0 Å². The molecule has 18 heavy (non-hydrogen) atoms. The van der Waals surface area contributed by atoms with Gasteiger partial charge in [-0.05, 0) is 24.7 Å². The van der Waals surface area contributed by atoms with E-state index in [2.05, 4.69) is 13.8 Å². The first-order valence-corrected chi connectivity index (χ1v) is 7.56. The molecule has 1 aliphatic rings. The molecule has 1 saturated heterocycles. The molecule has 1 aliphatic heterocycles. The van der Waals surface area contributed by atoms with Crippen LogP contribution < -0.4 is 0 Å². The Morgan fingerprint density at radius 2 is 2.00 bits per heavy atom. The average molecular weight is 255 g/mol. The number of carbonyl (C=O) groups is 1. The highest BCUT2D eigenvalue weighted by atomic mass is 16.3. The monoisotopic (exact) mass is 255 g/mol. The van der Waals surface area contributed by atoms with Crippen LogP contribution in [0.2, 0.25) is 0 Å². The molecule has 3 heteroatoms. The Morgan fingerprint density at radius 1 is 1.33 bits per heavy atom. The molecule has 1 N–H and O–H groups in total. The summed E-state index contributed by atoms with van der Waals surface area (Å²) in [7, 11) is 0. The molecule has 1 atom stereocenters. The summed E-state index contributed by atoms with van der Waals surface area (Å²) in [5.41, 5.74) is 0. The summed E-state index contributed by atoms with van der Waals surface area (Å²) in [6.07, 6.45) is 7.58. The van der Waals surface area contributed by atoms with E-state index in [4.69, 9.17) is 5.11 Å². The SMILES string of the molecule is CCCCCC(C)CC(=O)N1CCC(CO)CC1. The van der Waals surface area contributed by atoms with E-state index in [0.717, 1.165) is 25.9 Å². The van der Waals surface area contributed by atoms with Crippen molar-refractivity contribution in [3.05, 3.63) is 0 Å². The van der Waals surface area contributed by atoms with E-state index >= 15 is 0 Å². The molecule has 3 nitrogen and oxygen atoms in total. The summed E-state index contributed by atoms with van der Waals surface area (Å²) in [4.78, 5) is 14.1. The van der Waals surface area contributed by atoms with Gasteiger partial charge < -0.3 is 10.0 Å². The summed E-state index contributed by atoms with van der Waals surface area (Å²) >= 11 is 0. The predicted octanol–water partition coefficient (Wildman–Crippen LogP) is 2.82. The zero-order valence-electron chi connectivity index (χ0n) is 12.0. The molecule has 0 aromatic carbocycles. The van der Waals surface area contributed by atoms with Gasteiger partial charge in [0.1, 0.15) is 0 Å². The van der Waals surface area contributed by atoms with E-state index in [9.17, 15) is 4.79 Å². The van der Waals surface area contributed by atoms with E-state index in [-0.39, 0.29) is 6.61 Å². The Morgan fingerprint density at radius 3 is 2.56 bits per heavy atom. The molecule has 1 fully saturated rings. The third kappa shape index (κ3) is 5.38. The normalized spacial score (nSPS) is 18.9. The number of aliphatic hydroxyl groups excluding tert-OH is 1. The first kappa shape index (κ1) is 15.5. The Kier molecular flexibility index (Phi) is 7.33. The minimum atomic E-state index is 0.273. The van der Waals surface area contributed by atoms with Gasteiger partial charge in [0.05, 0.1) is 0 Å². The molecule has 1 unspecified atom stereocenters. The standard InChI is InChI=1S/C15H29NO2/c1-3-4-5-6-13(2)11-15(18)16-9-7-14(12-17)8-10-16/h13-14,17H,3-12H2,1-2H3. The van der Waals surface area contributed by atoms with Gasteiger partial charge >= 0.3 is 0 Å². The predicted molar refractivity (Wildman–Crippen MR) is 74.3 cm³/mol. The molecule has 0 saturated carbocycles. The van der Waals surface area contributed by atoms with Crippen molar-refractivity contribution in [2.75, 3.05) is 19.7 Å². The van der Waals surface area contributed by atoms with Crippen LogP contribution in [0.25, 0.3) is 0 Å².